The van der Waals surface area contributed by atoms with Gasteiger partial charge in [0.2, 0.25) is 45.4 Å². The van der Waals surface area contributed by atoms with E-state index in [2.05, 4.69) is 39.7 Å². The maximum absolute atomic E-state index is 14.7. The number of aromatic nitrogens is 9. The van der Waals surface area contributed by atoms with E-state index in [0.29, 0.717) is 42.6 Å². The molecule has 1 fully saturated rings. The zero-order valence-corrected chi connectivity index (χ0v) is 59.0. The highest BCUT2D eigenvalue weighted by molar-refractivity contribution is 7.90. The first-order valence-electron chi connectivity index (χ1n) is 32.1. The van der Waals surface area contributed by atoms with Gasteiger partial charge >= 0.3 is 0 Å². The van der Waals surface area contributed by atoms with Crippen molar-refractivity contribution in [3.05, 3.63) is 173 Å². The molecule has 1 spiro atoms. The lowest BCUT2D eigenvalue weighted by Gasteiger charge is -2.25. The van der Waals surface area contributed by atoms with Crippen LogP contribution in [0.1, 0.15) is 130 Å². The number of halogens is 1. The number of aryl methyl sites for hydroxylation is 2. The van der Waals surface area contributed by atoms with E-state index in [4.69, 9.17) is 18.9 Å². The Labute approximate surface area is 574 Å². The second-order valence-electron chi connectivity index (χ2n) is 26.4. The molecule has 9 heterocycles. The third-order valence-electron chi connectivity index (χ3n) is 17.3. The van der Waals surface area contributed by atoms with Gasteiger partial charge in [-0.05, 0) is 143 Å². The first-order chi connectivity index (χ1) is 46.8. The molecule has 3 N–H and O–H groups in total. The zero-order valence-electron chi connectivity index (χ0n) is 56.6. The van der Waals surface area contributed by atoms with Gasteiger partial charge in [-0.25, -0.2) is 41.9 Å². The van der Waals surface area contributed by atoms with Crippen LogP contribution in [-0.2, 0) is 81.3 Å². The van der Waals surface area contributed by atoms with Crippen LogP contribution in [0.5, 0.6) is 23.4 Å². The summed E-state index contributed by atoms with van der Waals surface area (Å²) in [6, 6.07) is 24.8. The zero-order chi connectivity index (χ0) is 71.1. The number of carbonyl (C=O) groups is 3. The quantitative estimate of drug-likeness (QED) is 0.148. The fourth-order valence-corrected chi connectivity index (χ4v) is 15.1. The number of rotatable bonds is 4. The number of hydrogen-bond acceptors (Lipinski definition) is 19. The summed E-state index contributed by atoms with van der Waals surface area (Å²) in [6.45, 7) is 20.8. The van der Waals surface area contributed by atoms with Crippen molar-refractivity contribution in [2.24, 2.45) is 0 Å². The third kappa shape index (κ3) is 15.5. The summed E-state index contributed by atoms with van der Waals surface area (Å²) in [5.41, 5.74) is 10.7. The molecule has 99 heavy (non-hydrogen) atoms. The van der Waals surface area contributed by atoms with Crippen LogP contribution in [-0.4, -0.2) is 114 Å². The number of benzene rings is 3. The predicted molar refractivity (Wildman–Crippen MR) is 364 cm³/mol. The smallest absolute Gasteiger partial charge is 0.287 e. The molecule has 3 amide bonds. The number of amides is 3. The highest BCUT2D eigenvalue weighted by atomic mass is 32.2. The van der Waals surface area contributed by atoms with Gasteiger partial charge in [-0.3, -0.25) is 28.4 Å². The summed E-state index contributed by atoms with van der Waals surface area (Å²) >= 11 is 0. The average Bonchev–Trinajstić information content (AvgIpc) is 1.53. The monoisotopic (exact) mass is 1410 g/mol. The van der Waals surface area contributed by atoms with E-state index >= 15 is 0 Å². The van der Waals surface area contributed by atoms with Gasteiger partial charge in [-0.15, -0.1) is 0 Å². The van der Waals surface area contributed by atoms with E-state index in [0.717, 1.165) is 78.5 Å². The standard InChI is InChI=1S/C25H30N4O5S.C24H25FN4O4S.C21H22N4O4S/c1-15(2)18-9-16(3)10-19-17-7-8-26-23(11-17)34-14-25(4,5)29-13-21(33-6)24(27-29)35(31,32)28-22(30)12-20(18)19;1-14(2)17-8-15(3)9-18-16-4-7-26-22(10-16)33-13-24(5-6-24)29-12-20(25)23(27-29)34(31,32)28-21(30)11-19(17)18;1-14(2)17-4-3-5-18-15-6-7-22-21(10-15)29-9-8-25-13-16(12-23-25)30(27,28)24-20(26)11-19(17)18/h7-11,13,15H,12,14H2,1-6H3,(H,28,30);4,7-10,12,14H,5-6,11,13H2,1-3H3,(H,28,30);3-7,10,12-14H,8-9,11H2,1-2H3,(H,24,26). The SMILES string of the molecule is CC(C)c1cccc2c1CC(=O)NS(=O)(=O)c1cnn(c1)CCOc1cc-2ccn1.COc1cn2nc1S(=O)(=O)NC(=O)Cc1c(cc(C)cc1C(C)C)-c1ccnc(c1)OCC2(C)C.Cc1cc2c(c(C(C)C)c1)CC(=O)NS(=O)(=O)c1nn(cc1F)C1(CC1)COc1cc-2ccn1. The molecule has 3 aliphatic heterocycles. The van der Waals surface area contributed by atoms with Crippen molar-refractivity contribution in [1.29, 1.82) is 0 Å². The minimum atomic E-state index is -4.50. The molecule has 3 aromatic carbocycles. The van der Waals surface area contributed by atoms with Crippen LogP contribution in [0.3, 0.4) is 0 Å². The van der Waals surface area contributed by atoms with E-state index in [1.54, 1.807) is 18.6 Å². The molecule has 0 radical (unpaired) electrons. The van der Waals surface area contributed by atoms with Gasteiger partial charge in [0.25, 0.3) is 30.1 Å². The Kier molecular flexibility index (Phi) is 19.8. The average molecular weight is 1410 g/mol. The summed E-state index contributed by atoms with van der Waals surface area (Å²) < 4.78 is 126. The molecule has 13 rings (SSSR count). The van der Waals surface area contributed by atoms with Gasteiger partial charge < -0.3 is 18.9 Å². The van der Waals surface area contributed by atoms with E-state index in [1.807, 2.05) is 153 Å². The van der Waals surface area contributed by atoms with Crippen LogP contribution in [0.25, 0.3) is 33.4 Å². The van der Waals surface area contributed by atoms with Crippen molar-refractivity contribution in [2.45, 2.75) is 152 Å². The van der Waals surface area contributed by atoms with Crippen molar-refractivity contribution < 1.29 is 63.0 Å². The number of nitrogens with one attached hydrogen (secondary N) is 3. The van der Waals surface area contributed by atoms with E-state index < -0.39 is 69.7 Å². The third-order valence-corrected chi connectivity index (χ3v) is 21.2. The topological polar surface area (TPSA) is 319 Å². The summed E-state index contributed by atoms with van der Waals surface area (Å²) in [7, 11) is -11.4. The molecule has 4 aliphatic rings. The summed E-state index contributed by atoms with van der Waals surface area (Å²) in [5, 5.41) is 11.1. The lowest BCUT2D eigenvalue weighted by atomic mass is 9.87. The number of pyridine rings is 3. The van der Waals surface area contributed by atoms with Gasteiger partial charge in [-0.2, -0.15) is 32.1 Å². The lowest BCUT2D eigenvalue weighted by molar-refractivity contribution is -0.119. The molecule has 0 saturated heterocycles. The lowest BCUT2D eigenvalue weighted by Crippen LogP contribution is -2.35. The second-order valence-corrected chi connectivity index (χ2v) is 31.3. The fraction of sp³-hybridized carbons (Fsp3) is 0.357. The minimum absolute atomic E-state index is 0.0319. The van der Waals surface area contributed by atoms with Gasteiger partial charge in [0.05, 0.1) is 62.6 Å². The van der Waals surface area contributed by atoms with Gasteiger partial charge in [-0.1, -0.05) is 95.1 Å². The van der Waals surface area contributed by atoms with Crippen LogP contribution >= 0.6 is 0 Å². The van der Waals surface area contributed by atoms with E-state index in [-0.39, 0.29) is 72.5 Å². The molecular weight excluding hydrogens is 1330 g/mol. The number of methoxy groups -OCH3 is 1. The molecule has 520 valence electrons. The van der Waals surface area contributed by atoms with Crippen LogP contribution in [0, 0.1) is 19.7 Å². The van der Waals surface area contributed by atoms with Gasteiger partial charge in [0.15, 0.2) is 11.6 Å². The largest absolute Gasteiger partial charge is 0.492 e. The summed E-state index contributed by atoms with van der Waals surface area (Å²) in [4.78, 5) is 51.7. The molecular formula is C70H77FN12O13S3. The maximum atomic E-state index is 14.7. The van der Waals surface area contributed by atoms with Crippen LogP contribution in [0.4, 0.5) is 4.39 Å². The Morgan fingerprint density at radius 1 is 0.556 bits per heavy atom. The number of ether oxygens (including phenoxy) is 4. The highest BCUT2D eigenvalue weighted by Gasteiger charge is 2.48. The van der Waals surface area contributed by atoms with Crippen LogP contribution < -0.4 is 33.1 Å². The molecule has 1 saturated carbocycles. The van der Waals surface area contributed by atoms with Crippen LogP contribution in [0.15, 0.2) is 137 Å². The number of fused-ring (bicyclic) bond motifs is 19. The Morgan fingerprint density at radius 2 is 1.03 bits per heavy atom. The van der Waals surface area contributed by atoms with Crippen molar-refractivity contribution in [1.82, 2.24) is 58.5 Å². The summed E-state index contributed by atoms with van der Waals surface area (Å²) in [5.74, 6) is -1.39. The van der Waals surface area contributed by atoms with E-state index in [9.17, 15) is 44.0 Å². The van der Waals surface area contributed by atoms with Gasteiger partial charge in [0, 0.05) is 43.0 Å². The molecule has 6 aromatic heterocycles. The molecule has 25 nitrogen and oxygen atoms in total. The first-order valence-corrected chi connectivity index (χ1v) is 36.5. The molecule has 0 atom stereocenters. The summed E-state index contributed by atoms with van der Waals surface area (Å²) in [6.07, 6.45) is 11.0. The first kappa shape index (κ1) is 70.4. The minimum Gasteiger partial charge on any atom is -0.492 e. The van der Waals surface area contributed by atoms with E-state index in [1.165, 1.54) is 39.7 Å². The molecule has 12 bridgehead atoms. The number of sulfonamides is 3. The number of carbonyl (C=O) groups excluding carboxylic acids is 3. The Hall–Kier alpha value is -9.87. The molecule has 9 aromatic rings. The Morgan fingerprint density at radius 3 is 1.55 bits per heavy atom. The highest BCUT2D eigenvalue weighted by Crippen LogP contribution is 2.45. The molecule has 29 heteroatoms. The molecule has 0 unspecified atom stereocenters. The Balaban J connectivity index is 0.000000150. The Bertz CT molecular complexity index is 4980. The fourth-order valence-electron chi connectivity index (χ4n) is 12.1. The van der Waals surface area contributed by atoms with Crippen molar-refractivity contribution >= 4 is 47.8 Å². The second kappa shape index (κ2) is 27.8. The van der Waals surface area contributed by atoms with Crippen molar-refractivity contribution in [3.63, 3.8) is 0 Å². The van der Waals surface area contributed by atoms with Gasteiger partial charge in [0.1, 0.15) is 24.7 Å². The number of nitrogens with zero attached hydrogens (tertiary/aromatic N) is 9. The predicted octanol–water partition coefficient (Wildman–Crippen LogP) is 9.51. The maximum Gasteiger partial charge on any atom is 0.287 e. The van der Waals surface area contributed by atoms with Crippen molar-refractivity contribution in [2.75, 3.05) is 26.9 Å². The van der Waals surface area contributed by atoms with Crippen LogP contribution in [0.2, 0.25) is 0 Å². The van der Waals surface area contributed by atoms with Crippen molar-refractivity contribution in [3.8, 4) is 56.8 Å². The number of hydrogen-bond donors (Lipinski definition) is 3. The molecule has 1 aliphatic carbocycles. The normalized spacial score (nSPS) is 17.2.